The molecule has 0 saturated heterocycles. The van der Waals surface area contributed by atoms with Crippen LogP contribution in [0.5, 0.6) is 5.75 Å². The third kappa shape index (κ3) is 3.14. The highest BCUT2D eigenvalue weighted by Crippen LogP contribution is 2.29. The number of hydrogen-bond donors (Lipinski definition) is 1. The number of aromatic carboxylic acids is 1. The molecule has 0 aliphatic carbocycles. The molecule has 0 amide bonds. The highest BCUT2D eigenvalue weighted by molar-refractivity contribution is 7.88. The zero-order chi connectivity index (χ0) is 14.8. The third-order valence-electron chi connectivity index (χ3n) is 1.82. The predicted octanol–water partition coefficient (Wildman–Crippen LogP) is 1.48. The molecule has 102 valence electrons. The summed E-state index contributed by atoms with van der Waals surface area (Å²) in [6, 6.07) is 3.86. The van der Waals surface area contributed by atoms with Gasteiger partial charge in [-0.05, 0) is 12.1 Å². The fourth-order valence-electron chi connectivity index (χ4n) is 1.00. The molecule has 1 aromatic carbocycles. The second-order valence-electron chi connectivity index (χ2n) is 3.11. The zero-order valence-electron chi connectivity index (χ0n) is 8.80. The SMILES string of the molecule is N#Cc1ccc(C(=O)O)c(OS(=O)(=O)C(F)(F)F)c1. The van der Waals surface area contributed by atoms with E-state index >= 15 is 0 Å². The third-order valence-corrected chi connectivity index (χ3v) is 2.79. The quantitative estimate of drug-likeness (QED) is 0.669. The predicted molar refractivity (Wildman–Crippen MR) is 53.7 cm³/mol. The Labute approximate surface area is 104 Å². The van der Waals surface area contributed by atoms with E-state index in [1.807, 2.05) is 0 Å². The summed E-state index contributed by atoms with van der Waals surface area (Å²) < 4.78 is 61.6. The van der Waals surface area contributed by atoms with Crippen LogP contribution in [0, 0.1) is 11.3 Å². The van der Waals surface area contributed by atoms with Crippen LogP contribution in [-0.4, -0.2) is 25.0 Å². The summed E-state index contributed by atoms with van der Waals surface area (Å²) in [5, 5.41) is 17.2. The minimum Gasteiger partial charge on any atom is -0.478 e. The fourth-order valence-corrected chi connectivity index (χ4v) is 1.47. The molecule has 0 aliphatic rings. The van der Waals surface area contributed by atoms with E-state index in [0.717, 1.165) is 12.1 Å². The van der Waals surface area contributed by atoms with Crippen molar-refractivity contribution in [3.8, 4) is 11.8 Å². The van der Waals surface area contributed by atoms with E-state index < -0.39 is 32.9 Å². The Morgan fingerprint density at radius 2 is 1.95 bits per heavy atom. The normalized spacial score (nSPS) is 11.7. The number of halogens is 3. The van der Waals surface area contributed by atoms with Gasteiger partial charge in [0.2, 0.25) is 0 Å². The number of nitrogens with zero attached hydrogens (tertiary/aromatic N) is 1. The second-order valence-corrected chi connectivity index (χ2v) is 4.65. The molecule has 0 saturated carbocycles. The van der Waals surface area contributed by atoms with E-state index in [9.17, 15) is 26.4 Å². The summed E-state index contributed by atoms with van der Waals surface area (Å²) in [6.45, 7) is 0. The molecule has 0 radical (unpaired) electrons. The summed E-state index contributed by atoms with van der Waals surface area (Å²) >= 11 is 0. The van der Waals surface area contributed by atoms with Gasteiger partial charge in [0.25, 0.3) is 0 Å². The van der Waals surface area contributed by atoms with Crippen molar-refractivity contribution >= 4 is 16.1 Å². The van der Waals surface area contributed by atoms with Gasteiger partial charge in [-0.15, -0.1) is 0 Å². The molecule has 0 atom stereocenters. The molecule has 0 bridgehead atoms. The van der Waals surface area contributed by atoms with Gasteiger partial charge in [0.05, 0.1) is 11.6 Å². The molecule has 1 N–H and O–H groups in total. The van der Waals surface area contributed by atoms with Gasteiger partial charge in [-0.2, -0.15) is 26.9 Å². The topological polar surface area (TPSA) is 104 Å². The summed E-state index contributed by atoms with van der Waals surface area (Å²) in [5.74, 6) is -2.78. The summed E-state index contributed by atoms with van der Waals surface area (Å²) in [5.41, 5.74) is -6.77. The number of hydrogen-bond acceptors (Lipinski definition) is 5. The lowest BCUT2D eigenvalue weighted by molar-refractivity contribution is -0.0500. The smallest absolute Gasteiger partial charge is 0.478 e. The number of benzene rings is 1. The zero-order valence-corrected chi connectivity index (χ0v) is 9.62. The van der Waals surface area contributed by atoms with E-state index in [2.05, 4.69) is 4.18 Å². The molecule has 0 heterocycles. The Balaban J connectivity index is 3.35. The maximum absolute atomic E-state index is 12.1. The molecule has 6 nitrogen and oxygen atoms in total. The number of carboxylic acids is 1. The van der Waals surface area contributed by atoms with Crippen molar-refractivity contribution in [2.75, 3.05) is 0 Å². The molecular formula is C9H4F3NO5S. The minimum atomic E-state index is -6.00. The number of alkyl halides is 3. The number of carboxylic acid groups (broad SMARTS) is 1. The standard InChI is InChI=1S/C9H4F3NO5S/c10-9(11,12)19(16,17)18-7-3-5(4-13)1-2-6(7)8(14)15/h1-3H,(H,14,15). The van der Waals surface area contributed by atoms with Crippen molar-refractivity contribution < 1.29 is 35.7 Å². The first-order chi connectivity index (χ1) is 8.58. The molecule has 1 aromatic rings. The van der Waals surface area contributed by atoms with Gasteiger partial charge in [0.15, 0.2) is 5.75 Å². The van der Waals surface area contributed by atoms with Gasteiger partial charge >= 0.3 is 21.6 Å². The molecule has 0 aromatic heterocycles. The van der Waals surface area contributed by atoms with Crippen LogP contribution in [0.4, 0.5) is 13.2 Å². The molecule has 0 unspecified atom stereocenters. The average Bonchev–Trinajstić information content (AvgIpc) is 2.26. The van der Waals surface area contributed by atoms with E-state index in [-0.39, 0.29) is 5.56 Å². The van der Waals surface area contributed by atoms with Crippen LogP contribution >= 0.6 is 0 Å². The summed E-state index contributed by atoms with van der Waals surface area (Å²) in [7, 11) is -6.00. The monoisotopic (exact) mass is 295 g/mol. The van der Waals surface area contributed by atoms with Crippen molar-refractivity contribution in [3.63, 3.8) is 0 Å². The van der Waals surface area contributed by atoms with Crippen molar-refractivity contribution in [3.05, 3.63) is 29.3 Å². The van der Waals surface area contributed by atoms with Gasteiger partial charge in [0.1, 0.15) is 5.56 Å². The van der Waals surface area contributed by atoms with Crippen molar-refractivity contribution in [2.24, 2.45) is 0 Å². The molecule has 1 rings (SSSR count). The van der Waals surface area contributed by atoms with Crippen LogP contribution < -0.4 is 4.18 Å². The lowest BCUT2D eigenvalue weighted by atomic mass is 10.1. The van der Waals surface area contributed by atoms with Crippen molar-refractivity contribution in [2.45, 2.75) is 5.51 Å². The first-order valence-electron chi connectivity index (χ1n) is 4.36. The molecular weight excluding hydrogens is 291 g/mol. The van der Waals surface area contributed by atoms with E-state index in [1.165, 1.54) is 6.07 Å². The Hall–Kier alpha value is -2.28. The van der Waals surface area contributed by atoms with E-state index in [1.54, 1.807) is 0 Å². The van der Waals surface area contributed by atoms with Gasteiger partial charge in [-0.25, -0.2) is 4.79 Å². The average molecular weight is 295 g/mol. The second kappa shape index (κ2) is 4.77. The van der Waals surface area contributed by atoms with Gasteiger partial charge in [-0.3, -0.25) is 0 Å². The van der Waals surface area contributed by atoms with Crippen molar-refractivity contribution in [1.29, 1.82) is 5.26 Å². The van der Waals surface area contributed by atoms with Crippen molar-refractivity contribution in [1.82, 2.24) is 0 Å². The van der Waals surface area contributed by atoms with Crippen LogP contribution in [0.3, 0.4) is 0 Å². The maximum Gasteiger partial charge on any atom is 0.534 e. The highest BCUT2D eigenvalue weighted by Gasteiger charge is 2.49. The molecule has 10 heteroatoms. The number of carbonyl (C=O) groups is 1. The lowest BCUT2D eigenvalue weighted by Crippen LogP contribution is -2.28. The molecule has 0 spiro atoms. The Kier molecular flexibility index (Phi) is 3.71. The summed E-state index contributed by atoms with van der Waals surface area (Å²) in [6.07, 6.45) is 0. The van der Waals surface area contributed by atoms with Crippen LogP contribution in [-0.2, 0) is 10.1 Å². The van der Waals surface area contributed by atoms with Gasteiger partial charge in [0, 0.05) is 6.07 Å². The molecule has 0 fully saturated rings. The summed E-state index contributed by atoms with van der Waals surface area (Å²) in [4.78, 5) is 10.7. The number of nitriles is 1. The van der Waals surface area contributed by atoms with E-state index in [4.69, 9.17) is 10.4 Å². The lowest BCUT2D eigenvalue weighted by Gasteiger charge is -2.11. The van der Waals surface area contributed by atoms with Crippen LogP contribution in [0.25, 0.3) is 0 Å². The van der Waals surface area contributed by atoms with Gasteiger partial charge in [-0.1, -0.05) is 0 Å². The van der Waals surface area contributed by atoms with Gasteiger partial charge < -0.3 is 9.29 Å². The first kappa shape index (κ1) is 14.8. The minimum absolute atomic E-state index is 0.252. The Bertz CT molecular complexity index is 659. The fraction of sp³-hybridized carbons (Fsp3) is 0.111. The largest absolute Gasteiger partial charge is 0.534 e. The van der Waals surface area contributed by atoms with E-state index in [0.29, 0.717) is 6.07 Å². The van der Waals surface area contributed by atoms with Crippen LogP contribution in [0.15, 0.2) is 18.2 Å². The van der Waals surface area contributed by atoms with Crippen LogP contribution in [0.1, 0.15) is 15.9 Å². The first-order valence-corrected chi connectivity index (χ1v) is 5.77. The van der Waals surface area contributed by atoms with Crippen LogP contribution in [0.2, 0.25) is 0 Å². The molecule has 0 aliphatic heterocycles. The Morgan fingerprint density at radius 3 is 2.37 bits per heavy atom. The molecule has 19 heavy (non-hydrogen) atoms. The number of rotatable bonds is 3. The maximum atomic E-state index is 12.1. The highest BCUT2D eigenvalue weighted by atomic mass is 32.2. The Morgan fingerprint density at radius 1 is 1.37 bits per heavy atom.